The Morgan fingerprint density at radius 1 is 1.45 bits per heavy atom. The lowest BCUT2D eigenvalue weighted by atomic mass is 10.2. The number of hydrogen-bond donors (Lipinski definition) is 2. The molecule has 1 aromatic heterocycles. The number of carbonyl (C=O) groups is 1. The third-order valence-corrected chi connectivity index (χ3v) is 3.43. The van der Waals surface area contributed by atoms with Crippen LogP contribution < -0.4 is 10.1 Å². The highest BCUT2D eigenvalue weighted by atomic mass is 79.9. The van der Waals surface area contributed by atoms with Crippen molar-refractivity contribution in [2.75, 3.05) is 12.4 Å². The quantitative estimate of drug-likeness (QED) is 0.878. The highest BCUT2D eigenvalue weighted by Gasteiger charge is 2.10. The normalized spacial score (nSPS) is 10.3. The number of methoxy groups -OCH3 is 1. The van der Waals surface area contributed by atoms with Crippen molar-refractivity contribution >= 4 is 27.7 Å². The first-order chi connectivity index (χ1) is 9.63. The average molecular weight is 338 g/mol. The zero-order chi connectivity index (χ0) is 14.5. The molecule has 0 spiro atoms. The molecule has 0 bridgehead atoms. The van der Waals surface area contributed by atoms with Crippen molar-refractivity contribution in [3.8, 4) is 5.75 Å². The van der Waals surface area contributed by atoms with Crippen molar-refractivity contribution in [1.29, 1.82) is 0 Å². The minimum absolute atomic E-state index is 0.206. The minimum atomic E-state index is -0.206. The maximum Gasteiger partial charge on any atom is 0.256 e. The number of ether oxygens (including phenoxy) is 1. The Hall–Kier alpha value is -1.82. The molecule has 2 rings (SSSR count). The number of aryl methyl sites for hydroxylation is 1. The van der Waals surface area contributed by atoms with Crippen LogP contribution in [-0.4, -0.2) is 23.2 Å². The van der Waals surface area contributed by atoms with Crippen molar-refractivity contribution in [2.45, 2.75) is 19.8 Å². The standard InChI is InChI=1S/C14H16BrN3O2/c1-3-4-10-8-13(18-17-10)16-14(19)9-5-6-12(20-2)11(15)7-9/h5-8H,3-4H2,1-2H3,(H2,16,17,18,19). The first-order valence-corrected chi connectivity index (χ1v) is 7.12. The molecule has 1 heterocycles. The number of carbonyl (C=O) groups excluding carboxylic acids is 1. The Bertz CT molecular complexity index is 610. The lowest BCUT2D eigenvalue weighted by molar-refractivity contribution is 0.102. The van der Waals surface area contributed by atoms with E-state index in [-0.39, 0.29) is 5.91 Å². The zero-order valence-corrected chi connectivity index (χ0v) is 13.0. The van der Waals surface area contributed by atoms with E-state index in [0.717, 1.165) is 23.0 Å². The number of rotatable bonds is 5. The first-order valence-electron chi connectivity index (χ1n) is 6.33. The molecular formula is C14H16BrN3O2. The predicted molar refractivity (Wildman–Crippen MR) is 81.2 cm³/mol. The van der Waals surface area contributed by atoms with E-state index < -0.39 is 0 Å². The molecule has 0 aliphatic rings. The van der Waals surface area contributed by atoms with Gasteiger partial charge in [-0.2, -0.15) is 5.10 Å². The maximum absolute atomic E-state index is 12.1. The topological polar surface area (TPSA) is 67.0 Å². The van der Waals surface area contributed by atoms with E-state index in [1.54, 1.807) is 25.3 Å². The molecule has 0 radical (unpaired) electrons. The van der Waals surface area contributed by atoms with Crippen LogP contribution in [0.25, 0.3) is 0 Å². The molecule has 0 saturated carbocycles. The predicted octanol–water partition coefficient (Wildman–Crippen LogP) is 3.39. The van der Waals surface area contributed by atoms with Gasteiger partial charge in [-0.1, -0.05) is 13.3 Å². The Kier molecular flexibility index (Phi) is 4.79. The molecule has 0 unspecified atom stereocenters. The fourth-order valence-electron chi connectivity index (χ4n) is 1.82. The van der Waals surface area contributed by atoms with Gasteiger partial charge in [-0.3, -0.25) is 9.89 Å². The summed E-state index contributed by atoms with van der Waals surface area (Å²) in [5.74, 6) is 1.01. The van der Waals surface area contributed by atoms with E-state index in [0.29, 0.717) is 17.1 Å². The first kappa shape index (κ1) is 14.6. The number of H-pyrrole nitrogens is 1. The van der Waals surface area contributed by atoms with Crippen LogP contribution in [0.5, 0.6) is 5.75 Å². The summed E-state index contributed by atoms with van der Waals surface area (Å²) < 4.78 is 5.87. The van der Waals surface area contributed by atoms with E-state index in [4.69, 9.17) is 4.74 Å². The average Bonchev–Trinajstić information content (AvgIpc) is 2.86. The second-order valence-corrected chi connectivity index (χ2v) is 5.19. The number of benzene rings is 1. The van der Waals surface area contributed by atoms with Crippen LogP contribution in [0.3, 0.4) is 0 Å². The smallest absolute Gasteiger partial charge is 0.256 e. The third-order valence-electron chi connectivity index (χ3n) is 2.81. The second kappa shape index (κ2) is 6.56. The van der Waals surface area contributed by atoms with Gasteiger partial charge in [-0.15, -0.1) is 0 Å². The number of hydrogen-bond acceptors (Lipinski definition) is 3. The Labute approximate surface area is 125 Å². The Morgan fingerprint density at radius 3 is 2.90 bits per heavy atom. The van der Waals surface area contributed by atoms with Gasteiger partial charge in [-0.05, 0) is 40.5 Å². The molecule has 1 aromatic carbocycles. The van der Waals surface area contributed by atoms with Crippen LogP contribution >= 0.6 is 15.9 Å². The lowest BCUT2D eigenvalue weighted by Gasteiger charge is -2.06. The number of halogens is 1. The largest absolute Gasteiger partial charge is 0.496 e. The van der Waals surface area contributed by atoms with Crippen LogP contribution in [0.15, 0.2) is 28.7 Å². The summed E-state index contributed by atoms with van der Waals surface area (Å²) in [6, 6.07) is 7.01. The van der Waals surface area contributed by atoms with Crippen LogP contribution in [0, 0.1) is 0 Å². The van der Waals surface area contributed by atoms with Crippen LogP contribution in [-0.2, 0) is 6.42 Å². The molecule has 20 heavy (non-hydrogen) atoms. The SMILES string of the molecule is CCCc1cc(NC(=O)c2ccc(OC)c(Br)c2)n[nH]1. The van der Waals surface area contributed by atoms with Gasteiger partial charge in [0, 0.05) is 17.3 Å². The van der Waals surface area contributed by atoms with Gasteiger partial charge in [0.2, 0.25) is 0 Å². The molecule has 6 heteroatoms. The van der Waals surface area contributed by atoms with E-state index in [1.165, 1.54) is 0 Å². The minimum Gasteiger partial charge on any atom is -0.496 e. The van der Waals surface area contributed by atoms with Crippen molar-refractivity contribution in [3.05, 3.63) is 40.0 Å². The highest BCUT2D eigenvalue weighted by molar-refractivity contribution is 9.10. The molecule has 2 N–H and O–H groups in total. The fraction of sp³-hybridized carbons (Fsp3) is 0.286. The van der Waals surface area contributed by atoms with Crippen molar-refractivity contribution in [3.63, 3.8) is 0 Å². The summed E-state index contributed by atoms with van der Waals surface area (Å²) in [5, 5.41) is 9.72. The summed E-state index contributed by atoms with van der Waals surface area (Å²) in [4.78, 5) is 12.1. The number of amides is 1. The van der Waals surface area contributed by atoms with Gasteiger partial charge >= 0.3 is 0 Å². The number of anilines is 1. The Morgan fingerprint density at radius 2 is 2.25 bits per heavy atom. The van der Waals surface area contributed by atoms with Gasteiger partial charge in [0.1, 0.15) is 5.75 Å². The third kappa shape index (κ3) is 3.39. The molecule has 5 nitrogen and oxygen atoms in total. The van der Waals surface area contributed by atoms with Gasteiger partial charge < -0.3 is 10.1 Å². The van der Waals surface area contributed by atoms with E-state index in [1.807, 2.05) is 6.07 Å². The van der Waals surface area contributed by atoms with Gasteiger partial charge in [-0.25, -0.2) is 0 Å². The number of nitrogens with zero attached hydrogens (tertiary/aromatic N) is 1. The molecule has 0 fully saturated rings. The molecule has 106 valence electrons. The van der Waals surface area contributed by atoms with E-state index in [2.05, 4.69) is 38.4 Å². The molecular weight excluding hydrogens is 322 g/mol. The van der Waals surface area contributed by atoms with E-state index >= 15 is 0 Å². The van der Waals surface area contributed by atoms with Crippen LogP contribution in [0.2, 0.25) is 0 Å². The molecule has 0 aliphatic carbocycles. The molecule has 0 aliphatic heterocycles. The number of nitrogens with one attached hydrogen (secondary N) is 2. The summed E-state index contributed by atoms with van der Waals surface area (Å²) in [6.07, 6.45) is 1.94. The van der Waals surface area contributed by atoms with Crippen LogP contribution in [0.1, 0.15) is 29.4 Å². The van der Waals surface area contributed by atoms with Crippen molar-refractivity contribution in [2.24, 2.45) is 0 Å². The molecule has 0 saturated heterocycles. The van der Waals surface area contributed by atoms with Crippen molar-refractivity contribution < 1.29 is 9.53 Å². The lowest BCUT2D eigenvalue weighted by Crippen LogP contribution is -2.12. The molecule has 2 aromatic rings. The zero-order valence-electron chi connectivity index (χ0n) is 11.4. The molecule has 1 amide bonds. The second-order valence-electron chi connectivity index (χ2n) is 4.33. The summed E-state index contributed by atoms with van der Waals surface area (Å²) in [5.41, 5.74) is 1.55. The summed E-state index contributed by atoms with van der Waals surface area (Å²) in [6.45, 7) is 2.09. The van der Waals surface area contributed by atoms with E-state index in [9.17, 15) is 4.79 Å². The van der Waals surface area contributed by atoms with Crippen molar-refractivity contribution in [1.82, 2.24) is 10.2 Å². The number of aromatic amines is 1. The van der Waals surface area contributed by atoms with Gasteiger partial charge in [0.15, 0.2) is 5.82 Å². The summed E-state index contributed by atoms with van der Waals surface area (Å²) in [7, 11) is 1.58. The summed E-state index contributed by atoms with van der Waals surface area (Å²) >= 11 is 3.36. The monoisotopic (exact) mass is 337 g/mol. The van der Waals surface area contributed by atoms with Crippen LogP contribution in [0.4, 0.5) is 5.82 Å². The van der Waals surface area contributed by atoms with Gasteiger partial charge in [0.25, 0.3) is 5.91 Å². The van der Waals surface area contributed by atoms with Gasteiger partial charge in [0.05, 0.1) is 11.6 Å². The molecule has 0 atom stereocenters. The fourth-order valence-corrected chi connectivity index (χ4v) is 2.36. The maximum atomic E-state index is 12.1. The number of aromatic nitrogens is 2. The Balaban J connectivity index is 2.09. The highest BCUT2D eigenvalue weighted by Crippen LogP contribution is 2.25.